The molecule has 0 radical (unpaired) electrons. The molecule has 0 spiro atoms. The van der Waals surface area contributed by atoms with Crippen LogP contribution in [0.15, 0.2) is 42.6 Å². The number of nitrogens with zero attached hydrogens (tertiary/aromatic N) is 1. The molecule has 0 aliphatic rings. The zero-order chi connectivity index (χ0) is 13.0. The Bertz CT molecular complexity index is 574. The van der Waals surface area contributed by atoms with Gasteiger partial charge in [0, 0.05) is 6.20 Å². The van der Waals surface area contributed by atoms with E-state index in [9.17, 15) is 9.18 Å². The van der Waals surface area contributed by atoms with Crippen molar-refractivity contribution < 1.29 is 14.3 Å². The zero-order valence-electron chi connectivity index (χ0n) is 9.38. The Morgan fingerprint density at radius 3 is 2.39 bits per heavy atom. The number of rotatable bonds is 3. The number of hydrogen-bond donors (Lipinski definition) is 1. The number of carboxylic acid groups (broad SMARTS) is 1. The Kier molecular flexibility index (Phi) is 3.48. The minimum Gasteiger partial charge on any atom is -0.478 e. The van der Waals surface area contributed by atoms with E-state index in [1.165, 1.54) is 24.4 Å². The molecule has 0 aliphatic carbocycles. The third-order valence-electron chi connectivity index (χ3n) is 2.35. The lowest BCUT2D eigenvalue weighted by Gasteiger charge is -1.96. The summed E-state index contributed by atoms with van der Waals surface area (Å²) in [6.07, 6.45) is 4.81. The molecule has 0 fully saturated rings. The van der Waals surface area contributed by atoms with E-state index >= 15 is 0 Å². The number of halogens is 1. The molecule has 0 bridgehead atoms. The Morgan fingerprint density at radius 2 is 1.83 bits per heavy atom. The Hall–Kier alpha value is -2.49. The van der Waals surface area contributed by atoms with Crippen molar-refractivity contribution in [2.75, 3.05) is 0 Å². The van der Waals surface area contributed by atoms with Crippen LogP contribution in [0.5, 0.6) is 0 Å². The molecule has 3 nitrogen and oxygen atoms in total. The van der Waals surface area contributed by atoms with Gasteiger partial charge in [0.05, 0.1) is 11.3 Å². The topological polar surface area (TPSA) is 50.2 Å². The Morgan fingerprint density at radius 1 is 1.11 bits per heavy atom. The molecule has 1 heterocycles. The second-order valence-corrected chi connectivity index (χ2v) is 3.66. The maximum Gasteiger partial charge on any atom is 0.337 e. The maximum atomic E-state index is 12.7. The number of pyridine rings is 1. The number of carbonyl (C=O) groups is 1. The first-order valence-electron chi connectivity index (χ1n) is 5.28. The van der Waals surface area contributed by atoms with Crippen LogP contribution in [0, 0.1) is 5.82 Å². The molecule has 2 rings (SSSR count). The Balaban J connectivity index is 2.13. The molecule has 0 aliphatic heterocycles. The molecule has 0 unspecified atom stereocenters. The molecule has 1 N–H and O–H groups in total. The van der Waals surface area contributed by atoms with Crippen molar-refractivity contribution in [2.24, 2.45) is 0 Å². The van der Waals surface area contributed by atoms with Gasteiger partial charge in [-0.25, -0.2) is 9.18 Å². The normalized spacial score (nSPS) is 10.7. The number of aromatic carboxylic acids is 1. The smallest absolute Gasteiger partial charge is 0.337 e. The first-order chi connectivity index (χ1) is 8.65. The molecule has 0 saturated heterocycles. The quantitative estimate of drug-likeness (QED) is 0.901. The van der Waals surface area contributed by atoms with Gasteiger partial charge in [-0.05, 0) is 35.9 Å². The van der Waals surface area contributed by atoms with Crippen molar-refractivity contribution in [3.05, 3.63) is 65.2 Å². The third-order valence-corrected chi connectivity index (χ3v) is 2.35. The van der Waals surface area contributed by atoms with E-state index in [1.54, 1.807) is 30.4 Å². The molecular formula is C14H10FNO2. The number of aromatic nitrogens is 1. The van der Waals surface area contributed by atoms with Gasteiger partial charge in [0.15, 0.2) is 0 Å². The van der Waals surface area contributed by atoms with Crippen molar-refractivity contribution in [2.45, 2.75) is 0 Å². The lowest BCUT2D eigenvalue weighted by atomic mass is 10.2. The number of carboxylic acids is 1. The van der Waals surface area contributed by atoms with Gasteiger partial charge in [0.25, 0.3) is 0 Å². The highest BCUT2D eigenvalue weighted by Crippen LogP contribution is 2.08. The SMILES string of the molecule is O=C(O)c1ccc(/C=C/c2ccc(F)cc2)nc1. The van der Waals surface area contributed by atoms with E-state index in [-0.39, 0.29) is 11.4 Å². The summed E-state index contributed by atoms with van der Waals surface area (Å²) in [5.74, 6) is -1.28. The summed E-state index contributed by atoms with van der Waals surface area (Å²) in [4.78, 5) is 14.6. The predicted octanol–water partition coefficient (Wildman–Crippen LogP) is 3.09. The highest BCUT2D eigenvalue weighted by molar-refractivity contribution is 5.87. The van der Waals surface area contributed by atoms with Crippen LogP contribution < -0.4 is 0 Å². The predicted molar refractivity (Wildman–Crippen MR) is 66.5 cm³/mol. The summed E-state index contributed by atoms with van der Waals surface area (Å²) in [5.41, 5.74) is 1.64. The van der Waals surface area contributed by atoms with Gasteiger partial charge < -0.3 is 5.11 Å². The van der Waals surface area contributed by atoms with Crippen molar-refractivity contribution in [3.8, 4) is 0 Å². The van der Waals surface area contributed by atoms with Gasteiger partial charge >= 0.3 is 5.97 Å². The van der Waals surface area contributed by atoms with Crippen LogP contribution in [-0.2, 0) is 0 Å². The van der Waals surface area contributed by atoms with Crippen molar-refractivity contribution in [3.63, 3.8) is 0 Å². The van der Waals surface area contributed by atoms with E-state index < -0.39 is 5.97 Å². The molecule has 1 aromatic heterocycles. The molecule has 0 atom stereocenters. The van der Waals surface area contributed by atoms with Crippen LogP contribution in [0.4, 0.5) is 4.39 Å². The lowest BCUT2D eigenvalue weighted by Crippen LogP contribution is -1.96. The van der Waals surface area contributed by atoms with E-state index in [2.05, 4.69) is 4.98 Å². The average molecular weight is 243 g/mol. The second-order valence-electron chi connectivity index (χ2n) is 3.66. The fourth-order valence-corrected chi connectivity index (χ4v) is 1.39. The van der Waals surface area contributed by atoms with Gasteiger partial charge in [-0.1, -0.05) is 18.2 Å². The molecule has 0 amide bonds. The highest BCUT2D eigenvalue weighted by atomic mass is 19.1. The van der Waals surface area contributed by atoms with Crippen LogP contribution in [0.2, 0.25) is 0 Å². The van der Waals surface area contributed by atoms with Gasteiger partial charge in [-0.3, -0.25) is 4.98 Å². The largest absolute Gasteiger partial charge is 0.478 e. The van der Waals surface area contributed by atoms with Gasteiger partial charge in [-0.2, -0.15) is 0 Å². The highest BCUT2D eigenvalue weighted by Gasteiger charge is 2.01. The van der Waals surface area contributed by atoms with Crippen LogP contribution in [0.25, 0.3) is 12.2 Å². The summed E-state index contributed by atoms with van der Waals surface area (Å²) in [7, 11) is 0. The first kappa shape index (κ1) is 12.0. The lowest BCUT2D eigenvalue weighted by molar-refractivity contribution is 0.0696. The number of hydrogen-bond acceptors (Lipinski definition) is 2. The van der Waals surface area contributed by atoms with Crippen LogP contribution in [-0.4, -0.2) is 16.1 Å². The van der Waals surface area contributed by atoms with Crippen LogP contribution in [0.3, 0.4) is 0 Å². The zero-order valence-corrected chi connectivity index (χ0v) is 9.38. The molecule has 2 aromatic rings. The molecule has 18 heavy (non-hydrogen) atoms. The fourth-order valence-electron chi connectivity index (χ4n) is 1.39. The standard InChI is InChI=1S/C14H10FNO2/c15-12-5-1-10(2-6-12)3-7-13-8-4-11(9-16-13)14(17)18/h1-9H,(H,17,18)/b7-3+. The van der Waals surface area contributed by atoms with E-state index in [1.807, 2.05) is 0 Å². The van der Waals surface area contributed by atoms with E-state index in [4.69, 9.17) is 5.11 Å². The minimum atomic E-state index is -1.00. The summed E-state index contributed by atoms with van der Waals surface area (Å²) >= 11 is 0. The molecular weight excluding hydrogens is 233 g/mol. The fraction of sp³-hybridized carbons (Fsp3) is 0. The summed E-state index contributed by atoms with van der Waals surface area (Å²) < 4.78 is 12.7. The minimum absolute atomic E-state index is 0.147. The molecule has 0 saturated carbocycles. The maximum absolute atomic E-state index is 12.7. The third kappa shape index (κ3) is 3.01. The van der Waals surface area contributed by atoms with Crippen LogP contribution in [0.1, 0.15) is 21.6 Å². The molecule has 1 aromatic carbocycles. The summed E-state index contributed by atoms with van der Waals surface area (Å²) in [5, 5.41) is 8.72. The van der Waals surface area contributed by atoms with Gasteiger partial charge in [0.2, 0.25) is 0 Å². The monoisotopic (exact) mass is 243 g/mol. The second kappa shape index (κ2) is 5.23. The number of benzene rings is 1. The van der Waals surface area contributed by atoms with E-state index in [0.717, 1.165) is 5.56 Å². The van der Waals surface area contributed by atoms with Gasteiger partial charge in [-0.15, -0.1) is 0 Å². The molecule has 90 valence electrons. The summed E-state index contributed by atoms with van der Waals surface area (Å²) in [6.45, 7) is 0. The van der Waals surface area contributed by atoms with E-state index in [0.29, 0.717) is 5.69 Å². The average Bonchev–Trinajstić information content (AvgIpc) is 2.38. The van der Waals surface area contributed by atoms with Crippen molar-refractivity contribution in [1.82, 2.24) is 4.98 Å². The molecule has 4 heteroatoms. The first-order valence-corrected chi connectivity index (χ1v) is 5.28. The van der Waals surface area contributed by atoms with Crippen LogP contribution >= 0.6 is 0 Å². The Labute approximate surface area is 103 Å². The van der Waals surface area contributed by atoms with Crippen molar-refractivity contribution >= 4 is 18.1 Å². The van der Waals surface area contributed by atoms with Crippen molar-refractivity contribution in [1.29, 1.82) is 0 Å². The summed E-state index contributed by atoms with van der Waals surface area (Å²) in [6, 6.07) is 9.15. The van der Waals surface area contributed by atoms with Gasteiger partial charge in [0.1, 0.15) is 5.82 Å².